The Bertz CT molecular complexity index is 915. The van der Waals surface area contributed by atoms with Crippen LogP contribution in [0.2, 0.25) is 0 Å². The molecule has 1 aromatic carbocycles. The van der Waals surface area contributed by atoms with E-state index in [0.29, 0.717) is 24.7 Å². The maximum atomic E-state index is 12.6. The third kappa shape index (κ3) is 6.54. The van der Waals surface area contributed by atoms with Gasteiger partial charge in [0.1, 0.15) is 0 Å². The number of carbonyl (C=O) groups excluding carboxylic acids is 1. The number of benzene rings is 1. The highest BCUT2D eigenvalue weighted by molar-refractivity contribution is 5.87. The van der Waals surface area contributed by atoms with Crippen LogP contribution in [0, 0.1) is 0 Å². The molecular weight excluding hydrogens is 432 g/mol. The van der Waals surface area contributed by atoms with Crippen LogP contribution < -0.4 is 0 Å². The zero-order valence-corrected chi connectivity index (χ0v) is 15.9. The van der Waals surface area contributed by atoms with Gasteiger partial charge in [0, 0.05) is 37.4 Å². The lowest BCUT2D eigenvalue weighted by atomic mass is 10.1. The number of alkyl halides is 6. The average Bonchev–Trinajstić information content (AvgIpc) is 3.37. The van der Waals surface area contributed by atoms with Gasteiger partial charge in [0.05, 0.1) is 6.10 Å². The van der Waals surface area contributed by atoms with Crippen molar-refractivity contribution in [2.45, 2.75) is 37.8 Å². The summed E-state index contributed by atoms with van der Waals surface area (Å²) in [4.78, 5) is 16.8. The first-order valence-electron chi connectivity index (χ1n) is 9.18. The molecule has 6 nitrogen and oxygen atoms in total. The monoisotopic (exact) mass is 449 g/mol. The van der Waals surface area contributed by atoms with E-state index in [4.69, 9.17) is 4.74 Å². The minimum atomic E-state index is -4.77. The molecule has 0 N–H and O–H groups in total. The molecule has 2 heterocycles. The van der Waals surface area contributed by atoms with Gasteiger partial charge in [-0.25, -0.2) is 0 Å². The zero-order chi connectivity index (χ0) is 22.6. The first-order chi connectivity index (χ1) is 14.5. The fourth-order valence-corrected chi connectivity index (χ4v) is 2.97. The summed E-state index contributed by atoms with van der Waals surface area (Å²) in [5, 5.41) is 3.28. The second kappa shape index (κ2) is 9.08. The molecule has 1 amide bonds. The van der Waals surface area contributed by atoms with Crippen LogP contribution in [-0.4, -0.2) is 46.4 Å². The zero-order valence-electron chi connectivity index (χ0n) is 15.9. The summed E-state index contributed by atoms with van der Waals surface area (Å²) in [6.45, 7) is 0.619. The molecule has 1 unspecified atom stereocenters. The number of nitrogens with zero attached hydrogens (tertiary/aromatic N) is 3. The number of halogens is 6. The first-order valence-corrected chi connectivity index (χ1v) is 9.18. The minimum absolute atomic E-state index is 0.0127. The summed E-state index contributed by atoms with van der Waals surface area (Å²) < 4.78 is 84.7. The fraction of sp³-hybridized carbons (Fsp3) is 0.421. The highest BCUT2D eigenvalue weighted by Gasteiger charge is 2.38. The van der Waals surface area contributed by atoms with Crippen molar-refractivity contribution in [3.8, 4) is 11.4 Å². The third-order valence-electron chi connectivity index (χ3n) is 4.43. The summed E-state index contributed by atoms with van der Waals surface area (Å²) >= 11 is 0. The van der Waals surface area contributed by atoms with Crippen LogP contribution in [0.3, 0.4) is 0 Å². The third-order valence-corrected chi connectivity index (χ3v) is 4.43. The van der Waals surface area contributed by atoms with Gasteiger partial charge in [-0.1, -0.05) is 29.4 Å². The summed E-state index contributed by atoms with van der Waals surface area (Å²) in [6.07, 6.45) is -7.85. The molecule has 2 aromatic rings. The first kappa shape index (κ1) is 22.8. The van der Waals surface area contributed by atoms with Crippen LogP contribution in [0.4, 0.5) is 26.3 Å². The number of hydrogen-bond donors (Lipinski definition) is 0. The molecule has 0 saturated carbocycles. The molecule has 0 bridgehead atoms. The van der Waals surface area contributed by atoms with Crippen LogP contribution in [0.1, 0.15) is 24.3 Å². The van der Waals surface area contributed by atoms with E-state index < -0.39 is 24.2 Å². The predicted octanol–water partition coefficient (Wildman–Crippen LogP) is 4.38. The van der Waals surface area contributed by atoms with Crippen molar-refractivity contribution in [2.75, 3.05) is 13.2 Å². The van der Waals surface area contributed by atoms with Gasteiger partial charge in [0.25, 0.3) is 0 Å². The molecule has 1 aliphatic heterocycles. The van der Waals surface area contributed by atoms with E-state index in [1.807, 2.05) is 0 Å². The van der Waals surface area contributed by atoms with Crippen LogP contribution in [0.5, 0.6) is 0 Å². The number of ether oxygens (including phenoxy) is 1. The Balaban J connectivity index is 1.73. The molecule has 31 heavy (non-hydrogen) atoms. The Kier molecular flexibility index (Phi) is 6.68. The number of aromatic nitrogens is 2. The molecular formula is C19H17F6N3O3. The Morgan fingerprint density at radius 1 is 1.16 bits per heavy atom. The van der Waals surface area contributed by atoms with Crippen molar-refractivity contribution in [2.24, 2.45) is 0 Å². The lowest BCUT2D eigenvalue weighted by molar-refractivity contribution is -0.159. The van der Waals surface area contributed by atoms with Crippen molar-refractivity contribution in [1.82, 2.24) is 15.0 Å². The summed E-state index contributed by atoms with van der Waals surface area (Å²) in [6, 6.07) is 5.89. The van der Waals surface area contributed by atoms with E-state index >= 15 is 0 Å². The number of hydrogen-bond acceptors (Lipinski definition) is 5. The maximum absolute atomic E-state index is 12.6. The Labute approximate surface area is 172 Å². The van der Waals surface area contributed by atoms with E-state index in [-0.39, 0.29) is 36.7 Å². The molecule has 12 heteroatoms. The van der Waals surface area contributed by atoms with Crippen molar-refractivity contribution in [1.29, 1.82) is 0 Å². The van der Waals surface area contributed by atoms with Crippen molar-refractivity contribution in [3.05, 3.63) is 47.9 Å². The fourth-order valence-electron chi connectivity index (χ4n) is 2.97. The van der Waals surface area contributed by atoms with E-state index in [9.17, 15) is 31.1 Å². The van der Waals surface area contributed by atoms with E-state index in [0.717, 1.165) is 6.42 Å². The second-order valence-electron chi connectivity index (χ2n) is 6.85. The van der Waals surface area contributed by atoms with Crippen molar-refractivity contribution in [3.63, 3.8) is 0 Å². The largest absolute Gasteiger partial charge is 0.471 e. The van der Waals surface area contributed by atoms with Crippen LogP contribution in [0.15, 0.2) is 40.9 Å². The lowest BCUT2D eigenvalue weighted by Gasteiger charge is -2.24. The lowest BCUT2D eigenvalue weighted by Crippen LogP contribution is -2.36. The maximum Gasteiger partial charge on any atom is 0.471 e. The smallest absolute Gasteiger partial charge is 0.376 e. The highest BCUT2D eigenvalue weighted by atomic mass is 19.4. The van der Waals surface area contributed by atoms with Gasteiger partial charge in [-0.2, -0.15) is 31.3 Å². The molecule has 0 aliphatic carbocycles. The number of amides is 1. The standard InChI is InChI=1S/C19H17F6N3O3/c20-18(21,22)8-7-15(29)28(11-14-2-1-9-30-14)10-12-3-5-13(6-4-12)16-26-17(31-27-16)19(23,24)25/h3-8,14H,1-2,9-11H2/b8-7+. The second-order valence-corrected chi connectivity index (χ2v) is 6.85. The molecule has 0 spiro atoms. The van der Waals surface area contributed by atoms with Crippen LogP contribution >= 0.6 is 0 Å². The molecule has 1 aliphatic rings. The Hall–Kier alpha value is -2.89. The van der Waals surface area contributed by atoms with E-state index in [1.54, 1.807) is 0 Å². The predicted molar refractivity (Wildman–Crippen MR) is 94.3 cm³/mol. The summed E-state index contributed by atoms with van der Waals surface area (Å²) in [5.41, 5.74) is 0.798. The molecule has 0 radical (unpaired) electrons. The minimum Gasteiger partial charge on any atom is -0.376 e. The van der Waals surface area contributed by atoms with E-state index in [2.05, 4.69) is 14.7 Å². The highest BCUT2D eigenvalue weighted by Crippen LogP contribution is 2.29. The van der Waals surface area contributed by atoms with Crippen molar-refractivity contribution >= 4 is 5.91 Å². The van der Waals surface area contributed by atoms with Gasteiger partial charge in [0.2, 0.25) is 11.7 Å². The number of rotatable bonds is 6. The van der Waals surface area contributed by atoms with Gasteiger partial charge < -0.3 is 14.2 Å². The Morgan fingerprint density at radius 3 is 2.42 bits per heavy atom. The van der Waals surface area contributed by atoms with Gasteiger partial charge in [-0.3, -0.25) is 4.79 Å². The SMILES string of the molecule is O=C(/C=C/C(F)(F)F)N(Cc1ccc(-c2noc(C(F)(F)F)n2)cc1)CC1CCCO1. The van der Waals surface area contributed by atoms with Crippen LogP contribution in [-0.2, 0) is 22.3 Å². The van der Waals surface area contributed by atoms with Gasteiger partial charge >= 0.3 is 18.2 Å². The molecule has 3 rings (SSSR count). The quantitative estimate of drug-likeness (QED) is 0.484. The number of allylic oxidation sites excluding steroid dienone is 1. The van der Waals surface area contributed by atoms with Gasteiger partial charge in [-0.15, -0.1) is 0 Å². The molecule has 1 aromatic heterocycles. The molecule has 168 valence electrons. The normalized spacial score (nSPS) is 17.4. The number of carbonyl (C=O) groups is 1. The summed E-state index contributed by atoms with van der Waals surface area (Å²) in [5.74, 6) is -2.57. The Morgan fingerprint density at radius 2 is 1.87 bits per heavy atom. The molecule has 1 atom stereocenters. The molecule has 1 saturated heterocycles. The van der Waals surface area contributed by atoms with Gasteiger partial charge in [0.15, 0.2) is 0 Å². The molecule has 1 fully saturated rings. The van der Waals surface area contributed by atoms with E-state index in [1.165, 1.54) is 29.2 Å². The topological polar surface area (TPSA) is 68.5 Å². The van der Waals surface area contributed by atoms with Gasteiger partial charge in [-0.05, 0) is 18.4 Å². The average molecular weight is 449 g/mol. The summed E-state index contributed by atoms with van der Waals surface area (Å²) in [7, 11) is 0. The van der Waals surface area contributed by atoms with Crippen LogP contribution in [0.25, 0.3) is 11.4 Å². The van der Waals surface area contributed by atoms with Crippen molar-refractivity contribution < 1.29 is 40.4 Å².